The number of hydrogen-bond acceptors (Lipinski definition) is 7. The molecule has 36 heavy (non-hydrogen) atoms. The number of carbonyl (C=O) groups is 1. The van der Waals surface area contributed by atoms with Gasteiger partial charge in [-0.1, -0.05) is 12.1 Å². The summed E-state index contributed by atoms with van der Waals surface area (Å²) in [6, 6.07) is 10.3. The van der Waals surface area contributed by atoms with Gasteiger partial charge in [0.15, 0.2) is 11.6 Å². The van der Waals surface area contributed by atoms with E-state index in [9.17, 15) is 9.18 Å². The maximum atomic E-state index is 14.6. The fraction of sp³-hybridized carbons (Fsp3) is 0.333. The number of hydrogen-bond donors (Lipinski definition) is 1. The summed E-state index contributed by atoms with van der Waals surface area (Å²) in [6.45, 7) is 3.37. The van der Waals surface area contributed by atoms with Crippen molar-refractivity contribution in [1.82, 2.24) is 19.5 Å². The number of aromatic nitrogens is 4. The highest BCUT2D eigenvalue weighted by Gasteiger charge is 2.29. The van der Waals surface area contributed by atoms with Gasteiger partial charge in [0.05, 0.1) is 23.9 Å². The van der Waals surface area contributed by atoms with Crippen LogP contribution >= 0.6 is 0 Å². The number of imidazole rings is 1. The molecule has 1 atom stereocenters. The molecule has 0 aliphatic carbocycles. The largest absolute Gasteiger partial charge is 0.496 e. The number of carbonyl (C=O) groups excluding carboxylic acids is 1. The normalized spacial score (nSPS) is 15.6. The molecule has 1 fully saturated rings. The number of methoxy groups -OCH3 is 1. The van der Waals surface area contributed by atoms with E-state index in [0.29, 0.717) is 12.3 Å². The highest BCUT2D eigenvalue weighted by Crippen LogP contribution is 2.36. The number of Topliss-reactive ketones (excluding diaryl/α,β-unsaturated/α-hetero) is 1. The number of aryl methyl sites for hydroxylation is 2. The van der Waals surface area contributed by atoms with Crippen LogP contribution in [0, 0.1) is 12.7 Å². The minimum atomic E-state index is -0.515. The fourth-order valence-corrected chi connectivity index (χ4v) is 5.03. The molecule has 3 heterocycles. The molecule has 2 aromatic heterocycles. The van der Waals surface area contributed by atoms with Gasteiger partial charge in [0.1, 0.15) is 28.6 Å². The smallest absolute Gasteiger partial charge is 0.185 e. The van der Waals surface area contributed by atoms with Crippen LogP contribution in [0.4, 0.5) is 10.1 Å². The maximum Gasteiger partial charge on any atom is 0.185 e. The first-order valence-electron chi connectivity index (χ1n) is 12.0. The van der Waals surface area contributed by atoms with Crippen molar-refractivity contribution in [1.29, 1.82) is 0 Å². The standard InChI is InChI=1S/C27H29FN6O2/c1-16-31-25-21(33(16)2)10-9-17(26(25)34-13-5-6-18(34)15-29)14-22(35)20-11-12-30-27(32-20)24-19(28)7-4-8-23(24)36-3/h4,7-12,18H,5-6,13-15,29H2,1-3H3/t18-/m0/s1. The first kappa shape index (κ1) is 23.9. The minimum Gasteiger partial charge on any atom is -0.496 e. The number of nitrogens with zero attached hydrogens (tertiary/aromatic N) is 5. The topological polar surface area (TPSA) is 99.2 Å². The van der Waals surface area contributed by atoms with E-state index >= 15 is 0 Å². The van der Waals surface area contributed by atoms with Crippen LogP contribution in [0.25, 0.3) is 22.4 Å². The third kappa shape index (κ3) is 4.09. The van der Waals surface area contributed by atoms with Gasteiger partial charge in [-0.25, -0.2) is 19.3 Å². The first-order chi connectivity index (χ1) is 17.4. The minimum absolute atomic E-state index is 0.106. The van der Waals surface area contributed by atoms with E-state index in [-0.39, 0.29) is 35.3 Å². The van der Waals surface area contributed by atoms with Gasteiger partial charge in [0.25, 0.3) is 0 Å². The van der Waals surface area contributed by atoms with Crippen LogP contribution in [0.5, 0.6) is 5.75 Å². The van der Waals surface area contributed by atoms with Gasteiger partial charge < -0.3 is 19.9 Å². The molecular weight excluding hydrogens is 459 g/mol. The molecule has 2 aromatic carbocycles. The molecule has 1 aliphatic heterocycles. The summed E-state index contributed by atoms with van der Waals surface area (Å²) in [5.41, 5.74) is 10.2. The SMILES string of the molecule is COc1cccc(F)c1-c1nccc(C(=O)Cc2ccc3c(nc(C)n3C)c2N2CCC[C@H]2CN)n1. The summed E-state index contributed by atoms with van der Waals surface area (Å²) in [5, 5.41) is 0. The quantitative estimate of drug-likeness (QED) is 0.395. The molecule has 1 aliphatic rings. The Morgan fingerprint density at radius 3 is 2.83 bits per heavy atom. The van der Waals surface area contributed by atoms with E-state index in [1.54, 1.807) is 18.2 Å². The van der Waals surface area contributed by atoms with Crippen LogP contribution in [0.15, 0.2) is 42.6 Å². The van der Waals surface area contributed by atoms with Crippen LogP contribution in [-0.4, -0.2) is 51.5 Å². The molecule has 8 nitrogen and oxygen atoms in total. The van der Waals surface area contributed by atoms with Gasteiger partial charge in [-0.2, -0.15) is 0 Å². The molecule has 0 amide bonds. The van der Waals surface area contributed by atoms with Crippen molar-refractivity contribution in [2.45, 2.75) is 32.2 Å². The molecule has 0 unspecified atom stereocenters. The summed E-state index contributed by atoms with van der Waals surface area (Å²) in [7, 11) is 3.44. The second-order valence-electron chi connectivity index (χ2n) is 9.07. The highest BCUT2D eigenvalue weighted by atomic mass is 19.1. The first-order valence-corrected chi connectivity index (χ1v) is 12.0. The molecular formula is C27H29FN6O2. The summed E-state index contributed by atoms with van der Waals surface area (Å²) in [5.74, 6) is 0.608. The number of benzene rings is 2. The van der Waals surface area contributed by atoms with Gasteiger partial charge in [-0.15, -0.1) is 0 Å². The van der Waals surface area contributed by atoms with Gasteiger partial charge in [0.2, 0.25) is 0 Å². The number of nitrogens with two attached hydrogens (primary N) is 1. The van der Waals surface area contributed by atoms with Crippen molar-refractivity contribution in [3.8, 4) is 17.1 Å². The molecule has 5 rings (SSSR count). The zero-order valence-corrected chi connectivity index (χ0v) is 20.7. The Kier molecular flexibility index (Phi) is 6.40. The Labute approximate surface area is 208 Å². The zero-order valence-electron chi connectivity index (χ0n) is 20.7. The lowest BCUT2D eigenvalue weighted by atomic mass is 10.0. The predicted molar refractivity (Wildman–Crippen MR) is 137 cm³/mol. The fourth-order valence-electron chi connectivity index (χ4n) is 5.03. The van der Waals surface area contributed by atoms with Gasteiger partial charge in [-0.05, 0) is 49.6 Å². The van der Waals surface area contributed by atoms with Crippen molar-refractivity contribution in [3.05, 3.63) is 65.5 Å². The van der Waals surface area contributed by atoms with Gasteiger partial charge in [0, 0.05) is 38.8 Å². The lowest BCUT2D eigenvalue weighted by Gasteiger charge is -2.28. The van der Waals surface area contributed by atoms with E-state index in [4.69, 9.17) is 15.5 Å². The summed E-state index contributed by atoms with van der Waals surface area (Å²) >= 11 is 0. The Morgan fingerprint density at radius 2 is 2.06 bits per heavy atom. The summed E-state index contributed by atoms with van der Waals surface area (Å²) in [6.07, 6.45) is 3.64. The van der Waals surface area contributed by atoms with Crippen LogP contribution in [-0.2, 0) is 13.5 Å². The number of anilines is 1. The van der Waals surface area contributed by atoms with Crippen LogP contribution in [0.2, 0.25) is 0 Å². The molecule has 0 bridgehead atoms. The van der Waals surface area contributed by atoms with Crippen molar-refractivity contribution in [3.63, 3.8) is 0 Å². The molecule has 9 heteroatoms. The Hall–Kier alpha value is -3.85. The van der Waals surface area contributed by atoms with Crippen molar-refractivity contribution in [2.75, 3.05) is 25.1 Å². The van der Waals surface area contributed by atoms with E-state index in [1.165, 1.54) is 19.4 Å². The second-order valence-corrected chi connectivity index (χ2v) is 9.07. The molecule has 0 spiro atoms. The van der Waals surface area contributed by atoms with Crippen LogP contribution < -0.4 is 15.4 Å². The molecule has 186 valence electrons. The molecule has 0 radical (unpaired) electrons. The maximum absolute atomic E-state index is 14.6. The third-order valence-corrected chi connectivity index (χ3v) is 6.98. The summed E-state index contributed by atoms with van der Waals surface area (Å²) < 4.78 is 22.0. The number of ether oxygens (including phenoxy) is 1. The van der Waals surface area contributed by atoms with E-state index < -0.39 is 5.82 Å². The lowest BCUT2D eigenvalue weighted by molar-refractivity contribution is 0.0988. The number of ketones is 1. The molecule has 1 saturated heterocycles. The zero-order chi connectivity index (χ0) is 25.4. The Balaban J connectivity index is 1.55. The number of halogens is 1. The van der Waals surface area contributed by atoms with Gasteiger partial charge in [-0.3, -0.25) is 4.79 Å². The summed E-state index contributed by atoms with van der Waals surface area (Å²) in [4.78, 5) is 29.2. The second kappa shape index (κ2) is 9.66. The Bertz CT molecular complexity index is 1450. The molecule has 4 aromatic rings. The molecule has 0 saturated carbocycles. The predicted octanol–water partition coefficient (Wildman–Crippen LogP) is 3.84. The van der Waals surface area contributed by atoms with Crippen LogP contribution in [0.3, 0.4) is 0 Å². The number of rotatable bonds is 7. The van der Waals surface area contributed by atoms with E-state index in [2.05, 4.69) is 19.4 Å². The average molecular weight is 489 g/mol. The van der Waals surface area contributed by atoms with Crippen molar-refractivity contribution in [2.24, 2.45) is 12.8 Å². The van der Waals surface area contributed by atoms with Crippen molar-refractivity contribution < 1.29 is 13.9 Å². The Morgan fingerprint density at radius 1 is 1.22 bits per heavy atom. The van der Waals surface area contributed by atoms with Gasteiger partial charge >= 0.3 is 0 Å². The van der Waals surface area contributed by atoms with Crippen LogP contribution in [0.1, 0.15) is 34.7 Å². The van der Waals surface area contributed by atoms with E-state index in [1.807, 2.05) is 26.1 Å². The monoisotopic (exact) mass is 488 g/mol. The average Bonchev–Trinajstić information content (AvgIpc) is 3.47. The third-order valence-electron chi connectivity index (χ3n) is 6.98. The van der Waals surface area contributed by atoms with E-state index in [0.717, 1.165) is 47.5 Å². The molecule has 2 N–H and O–H groups in total. The highest BCUT2D eigenvalue weighted by molar-refractivity contribution is 6.00. The lowest BCUT2D eigenvalue weighted by Crippen LogP contribution is -2.36. The number of fused-ring (bicyclic) bond motifs is 1. The van der Waals surface area contributed by atoms with Crippen molar-refractivity contribution >= 4 is 22.5 Å².